The van der Waals surface area contributed by atoms with Crippen LogP contribution in [0.2, 0.25) is 0 Å². The molecule has 0 aliphatic carbocycles. The summed E-state index contributed by atoms with van der Waals surface area (Å²) in [7, 11) is 1.59. The van der Waals surface area contributed by atoms with Gasteiger partial charge in [-0.1, -0.05) is 18.2 Å². The van der Waals surface area contributed by atoms with Gasteiger partial charge < -0.3 is 11.1 Å². The molecule has 1 amide bonds. The smallest absolute Gasteiger partial charge is 0.263 e. The fourth-order valence-corrected chi connectivity index (χ4v) is 2.96. The summed E-state index contributed by atoms with van der Waals surface area (Å²) in [5.41, 5.74) is 7.43. The van der Waals surface area contributed by atoms with Crippen molar-refractivity contribution >= 4 is 44.1 Å². The van der Waals surface area contributed by atoms with Gasteiger partial charge in [0.05, 0.1) is 11.2 Å². The minimum atomic E-state index is -0.167. The third kappa shape index (κ3) is 1.52. The minimum Gasteiger partial charge on any atom is -0.397 e. The molecule has 90 valence electrons. The number of pyridine rings is 1. The molecule has 0 aliphatic rings. The lowest BCUT2D eigenvalue weighted by atomic mass is 10.1. The first kappa shape index (κ1) is 11.0. The fourth-order valence-electron chi connectivity index (χ4n) is 1.93. The molecule has 3 N–H and O–H groups in total. The lowest BCUT2D eigenvalue weighted by Crippen LogP contribution is -2.17. The number of rotatable bonds is 1. The van der Waals surface area contributed by atoms with Crippen molar-refractivity contribution in [2.45, 2.75) is 0 Å². The van der Waals surface area contributed by atoms with E-state index in [0.717, 1.165) is 21.1 Å². The highest BCUT2D eigenvalue weighted by molar-refractivity contribution is 7.21. The van der Waals surface area contributed by atoms with Crippen molar-refractivity contribution in [3.63, 3.8) is 0 Å². The predicted molar refractivity (Wildman–Crippen MR) is 74.9 cm³/mol. The van der Waals surface area contributed by atoms with E-state index in [2.05, 4.69) is 10.3 Å². The molecule has 0 bridgehead atoms. The molecule has 0 atom stereocenters. The summed E-state index contributed by atoms with van der Waals surface area (Å²) < 4.78 is 0. The van der Waals surface area contributed by atoms with Gasteiger partial charge in [0.25, 0.3) is 5.91 Å². The average Bonchev–Trinajstić information content (AvgIpc) is 2.72. The van der Waals surface area contributed by atoms with Gasteiger partial charge in [0, 0.05) is 17.8 Å². The van der Waals surface area contributed by atoms with Crippen molar-refractivity contribution in [3.05, 3.63) is 35.2 Å². The van der Waals surface area contributed by atoms with E-state index in [1.165, 1.54) is 11.3 Å². The van der Waals surface area contributed by atoms with Crippen LogP contribution in [0.15, 0.2) is 30.3 Å². The summed E-state index contributed by atoms with van der Waals surface area (Å²) in [6, 6.07) is 9.81. The molecular weight excluding hydrogens is 246 g/mol. The van der Waals surface area contributed by atoms with Crippen molar-refractivity contribution in [1.82, 2.24) is 10.3 Å². The molecule has 18 heavy (non-hydrogen) atoms. The van der Waals surface area contributed by atoms with Gasteiger partial charge in [0.2, 0.25) is 0 Å². The lowest BCUT2D eigenvalue weighted by Gasteiger charge is -1.98. The number of benzene rings is 1. The van der Waals surface area contributed by atoms with Crippen LogP contribution in [0.1, 0.15) is 9.67 Å². The molecule has 0 spiro atoms. The van der Waals surface area contributed by atoms with Gasteiger partial charge in [-0.3, -0.25) is 4.79 Å². The number of nitrogens with one attached hydrogen (secondary N) is 1. The van der Waals surface area contributed by atoms with Crippen molar-refractivity contribution in [2.24, 2.45) is 0 Å². The van der Waals surface area contributed by atoms with E-state index < -0.39 is 0 Å². The van der Waals surface area contributed by atoms with E-state index in [1.807, 2.05) is 30.3 Å². The van der Waals surface area contributed by atoms with Crippen LogP contribution in [0.25, 0.3) is 21.1 Å². The molecule has 0 saturated heterocycles. The van der Waals surface area contributed by atoms with Crippen LogP contribution in [0.3, 0.4) is 0 Å². The Hall–Kier alpha value is -2.14. The normalized spacial score (nSPS) is 10.9. The first-order valence-electron chi connectivity index (χ1n) is 5.50. The number of nitrogen functional groups attached to an aromatic ring is 1. The lowest BCUT2D eigenvalue weighted by molar-refractivity contribution is 0.0968. The number of carbonyl (C=O) groups is 1. The van der Waals surface area contributed by atoms with Crippen LogP contribution in [0, 0.1) is 0 Å². The molecule has 0 radical (unpaired) electrons. The molecule has 2 heterocycles. The van der Waals surface area contributed by atoms with Gasteiger partial charge in [0.1, 0.15) is 9.71 Å². The number of thiophene rings is 1. The first-order chi connectivity index (χ1) is 8.70. The van der Waals surface area contributed by atoms with Crippen LogP contribution in [-0.2, 0) is 0 Å². The number of para-hydroxylation sites is 1. The molecule has 0 saturated carbocycles. The standard InChI is InChI=1S/C13H11N3OS/c1-15-12(17)11-10(14)8-6-7-4-2-3-5-9(7)16-13(8)18-11/h2-6H,14H2,1H3,(H,15,17). The Morgan fingerprint density at radius 3 is 2.94 bits per heavy atom. The summed E-state index contributed by atoms with van der Waals surface area (Å²) in [6.45, 7) is 0. The topological polar surface area (TPSA) is 68.0 Å². The van der Waals surface area contributed by atoms with Crippen molar-refractivity contribution < 1.29 is 4.79 Å². The van der Waals surface area contributed by atoms with Crippen LogP contribution in [0.5, 0.6) is 0 Å². The molecule has 1 aromatic carbocycles. The zero-order chi connectivity index (χ0) is 12.7. The maximum absolute atomic E-state index is 11.7. The van der Waals surface area contributed by atoms with E-state index in [9.17, 15) is 4.79 Å². The summed E-state index contributed by atoms with van der Waals surface area (Å²) in [5, 5.41) is 4.46. The van der Waals surface area contributed by atoms with E-state index in [1.54, 1.807) is 7.05 Å². The van der Waals surface area contributed by atoms with Gasteiger partial charge in [-0.2, -0.15) is 0 Å². The average molecular weight is 257 g/mol. The molecule has 2 aromatic heterocycles. The Balaban J connectivity index is 2.36. The van der Waals surface area contributed by atoms with Crippen LogP contribution >= 0.6 is 11.3 Å². The molecule has 3 aromatic rings. The first-order valence-corrected chi connectivity index (χ1v) is 6.32. The van der Waals surface area contributed by atoms with E-state index in [4.69, 9.17) is 5.73 Å². The summed E-state index contributed by atoms with van der Waals surface area (Å²) in [4.78, 5) is 17.5. The predicted octanol–water partition coefficient (Wildman–Crippen LogP) is 2.39. The summed E-state index contributed by atoms with van der Waals surface area (Å²) in [5.74, 6) is -0.167. The number of carbonyl (C=O) groups excluding carboxylic acids is 1. The minimum absolute atomic E-state index is 0.167. The number of anilines is 1. The zero-order valence-electron chi connectivity index (χ0n) is 9.73. The fraction of sp³-hybridized carbons (Fsp3) is 0.0769. The Labute approximate surface area is 107 Å². The number of aromatic nitrogens is 1. The molecule has 4 nitrogen and oxygen atoms in total. The third-order valence-electron chi connectivity index (χ3n) is 2.86. The molecular formula is C13H11N3OS. The van der Waals surface area contributed by atoms with Crippen LogP contribution < -0.4 is 11.1 Å². The number of hydrogen-bond acceptors (Lipinski definition) is 4. The monoisotopic (exact) mass is 257 g/mol. The number of nitrogens with two attached hydrogens (primary N) is 1. The summed E-state index contributed by atoms with van der Waals surface area (Å²) >= 11 is 1.32. The Morgan fingerprint density at radius 1 is 1.39 bits per heavy atom. The Bertz CT molecular complexity index is 763. The van der Waals surface area contributed by atoms with Gasteiger partial charge in [-0.25, -0.2) is 4.98 Å². The third-order valence-corrected chi connectivity index (χ3v) is 3.97. The zero-order valence-corrected chi connectivity index (χ0v) is 10.5. The largest absolute Gasteiger partial charge is 0.397 e. The van der Waals surface area contributed by atoms with Gasteiger partial charge in [0.15, 0.2) is 0 Å². The maximum Gasteiger partial charge on any atom is 0.263 e. The molecule has 5 heteroatoms. The highest BCUT2D eigenvalue weighted by atomic mass is 32.1. The van der Waals surface area contributed by atoms with E-state index in [-0.39, 0.29) is 5.91 Å². The van der Waals surface area contributed by atoms with E-state index >= 15 is 0 Å². The summed E-state index contributed by atoms with van der Waals surface area (Å²) in [6.07, 6.45) is 0. The number of fused-ring (bicyclic) bond motifs is 2. The molecule has 0 aliphatic heterocycles. The molecule has 0 unspecified atom stereocenters. The maximum atomic E-state index is 11.7. The highest BCUT2D eigenvalue weighted by Crippen LogP contribution is 2.34. The Kier molecular flexibility index (Phi) is 2.41. The molecule has 3 rings (SSSR count). The highest BCUT2D eigenvalue weighted by Gasteiger charge is 2.16. The van der Waals surface area contributed by atoms with Crippen molar-refractivity contribution in [1.29, 1.82) is 0 Å². The van der Waals surface area contributed by atoms with Gasteiger partial charge in [-0.15, -0.1) is 11.3 Å². The van der Waals surface area contributed by atoms with Crippen molar-refractivity contribution in [3.8, 4) is 0 Å². The van der Waals surface area contributed by atoms with Crippen LogP contribution in [-0.4, -0.2) is 17.9 Å². The second-order valence-corrected chi connectivity index (χ2v) is 4.96. The number of nitrogens with zero attached hydrogens (tertiary/aromatic N) is 1. The Morgan fingerprint density at radius 2 is 2.17 bits per heavy atom. The number of hydrogen-bond donors (Lipinski definition) is 2. The van der Waals surface area contributed by atoms with Gasteiger partial charge in [-0.05, 0) is 12.1 Å². The second kappa shape index (κ2) is 3.96. The quantitative estimate of drug-likeness (QED) is 0.703. The van der Waals surface area contributed by atoms with Crippen molar-refractivity contribution in [2.75, 3.05) is 12.8 Å². The van der Waals surface area contributed by atoms with Crippen LogP contribution in [0.4, 0.5) is 5.69 Å². The van der Waals surface area contributed by atoms with Gasteiger partial charge >= 0.3 is 0 Å². The number of amides is 1. The van der Waals surface area contributed by atoms with E-state index in [0.29, 0.717) is 10.6 Å². The SMILES string of the molecule is CNC(=O)c1sc2nc3ccccc3cc2c1N. The second-order valence-electron chi connectivity index (χ2n) is 3.96. The molecule has 0 fully saturated rings.